The minimum Gasteiger partial charge on any atom is -0.466 e. The molecule has 1 amide bonds. The third kappa shape index (κ3) is 2.91. The molecule has 5 rings (SSSR count). The van der Waals surface area contributed by atoms with Crippen LogP contribution in [-0.2, 0) is 0 Å². The zero-order valence-electron chi connectivity index (χ0n) is 16.7. The number of fused-ring (bicyclic) bond motifs is 2. The fraction of sp³-hybridized carbons (Fsp3) is 0.130. The number of rotatable bonds is 3. The Balaban J connectivity index is 1.64. The van der Waals surface area contributed by atoms with Crippen molar-refractivity contribution in [1.82, 2.24) is 15.1 Å². The van der Waals surface area contributed by atoms with Gasteiger partial charge >= 0.3 is 0 Å². The van der Waals surface area contributed by atoms with E-state index in [9.17, 15) is 4.79 Å². The van der Waals surface area contributed by atoms with Crippen molar-refractivity contribution in [3.63, 3.8) is 0 Å². The van der Waals surface area contributed by atoms with Crippen molar-refractivity contribution in [3.8, 4) is 11.3 Å². The first-order chi connectivity index (χ1) is 14.5. The van der Waals surface area contributed by atoms with Crippen LogP contribution >= 0.6 is 0 Å². The number of pyridine rings is 2. The Hall–Kier alpha value is -4.00. The molecule has 0 atom stereocenters. The number of carbonyl (C=O) groups excluding carboxylic acids is 1. The zero-order valence-corrected chi connectivity index (χ0v) is 16.7. The van der Waals surface area contributed by atoms with E-state index < -0.39 is 0 Å². The molecule has 30 heavy (non-hydrogen) atoms. The van der Waals surface area contributed by atoms with E-state index in [0.717, 1.165) is 28.0 Å². The summed E-state index contributed by atoms with van der Waals surface area (Å²) in [4.78, 5) is 22.3. The summed E-state index contributed by atoms with van der Waals surface area (Å²) in [5.74, 6) is 1.21. The highest BCUT2D eigenvalue weighted by molar-refractivity contribution is 6.15. The van der Waals surface area contributed by atoms with Crippen molar-refractivity contribution >= 4 is 33.6 Å². The lowest BCUT2D eigenvalue weighted by Crippen LogP contribution is -2.13. The number of amides is 1. The standard InChI is InChI=1S/C23H18N4O3/c1-12-10-16(14(3)29-12)19-11-17(20-13(2)27-30-23(20)26-19)22(28)25-18-8-4-6-15-7-5-9-24-21(15)18/h4-11H,1-3H3,(H,25,28). The molecule has 4 aromatic heterocycles. The van der Waals surface area contributed by atoms with E-state index in [1.54, 1.807) is 19.2 Å². The molecule has 0 aliphatic carbocycles. The number of anilines is 1. The molecule has 0 saturated carbocycles. The zero-order chi connectivity index (χ0) is 20.8. The van der Waals surface area contributed by atoms with Crippen LogP contribution in [0.4, 0.5) is 5.69 Å². The van der Waals surface area contributed by atoms with Crippen molar-refractivity contribution in [2.45, 2.75) is 20.8 Å². The molecule has 5 aromatic rings. The number of furan rings is 1. The molecule has 1 aromatic carbocycles. The van der Waals surface area contributed by atoms with Crippen molar-refractivity contribution in [2.24, 2.45) is 0 Å². The van der Waals surface area contributed by atoms with Crippen molar-refractivity contribution in [3.05, 3.63) is 71.4 Å². The first-order valence-corrected chi connectivity index (χ1v) is 9.51. The van der Waals surface area contributed by atoms with Gasteiger partial charge in [0, 0.05) is 17.1 Å². The van der Waals surface area contributed by atoms with Gasteiger partial charge in [0.05, 0.1) is 33.5 Å². The molecule has 7 heteroatoms. The van der Waals surface area contributed by atoms with Crippen LogP contribution in [0.25, 0.3) is 33.3 Å². The fourth-order valence-corrected chi connectivity index (χ4v) is 3.69. The van der Waals surface area contributed by atoms with Crippen LogP contribution in [0.3, 0.4) is 0 Å². The number of aromatic nitrogens is 3. The molecule has 1 N–H and O–H groups in total. The smallest absolute Gasteiger partial charge is 0.259 e. The summed E-state index contributed by atoms with van der Waals surface area (Å²) in [5.41, 5.74) is 4.10. The third-order valence-corrected chi connectivity index (χ3v) is 5.06. The largest absolute Gasteiger partial charge is 0.466 e. The van der Waals surface area contributed by atoms with Crippen LogP contribution in [0.15, 0.2) is 57.6 Å². The van der Waals surface area contributed by atoms with Crippen molar-refractivity contribution in [2.75, 3.05) is 5.32 Å². The maximum Gasteiger partial charge on any atom is 0.259 e. The number of para-hydroxylation sites is 1. The lowest BCUT2D eigenvalue weighted by molar-refractivity contribution is 0.102. The van der Waals surface area contributed by atoms with Crippen molar-refractivity contribution < 1.29 is 13.7 Å². The van der Waals surface area contributed by atoms with Gasteiger partial charge in [0.15, 0.2) is 0 Å². The Morgan fingerprint density at radius 2 is 1.90 bits per heavy atom. The van der Waals surface area contributed by atoms with Gasteiger partial charge in [-0.15, -0.1) is 0 Å². The Bertz CT molecular complexity index is 1430. The van der Waals surface area contributed by atoms with Crippen LogP contribution in [0.2, 0.25) is 0 Å². The number of nitrogens with one attached hydrogen (secondary N) is 1. The van der Waals surface area contributed by atoms with E-state index in [2.05, 4.69) is 20.4 Å². The highest BCUT2D eigenvalue weighted by atomic mass is 16.5. The Kier molecular flexibility index (Phi) is 4.10. The lowest BCUT2D eigenvalue weighted by atomic mass is 10.0. The van der Waals surface area contributed by atoms with E-state index in [1.165, 1.54) is 0 Å². The van der Waals surface area contributed by atoms with E-state index in [4.69, 9.17) is 8.94 Å². The van der Waals surface area contributed by atoms with E-state index >= 15 is 0 Å². The van der Waals surface area contributed by atoms with Gasteiger partial charge in [0.1, 0.15) is 11.5 Å². The Morgan fingerprint density at radius 3 is 2.70 bits per heavy atom. The number of hydrogen-bond donors (Lipinski definition) is 1. The monoisotopic (exact) mass is 398 g/mol. The summed E-state index contributed by atoms with van der Waals surface area (Å²) in [6.07, 6.45) is 1.70. The normalized spacial score (nSPS) is 11.3. The third-order valence-electron chi connectivity index (χ3n) is 5.06. The molecule has 0 aliphatic heterocycles. The van der Waals surface area contributed by atoms with Crippen LogP contribution in [0.5, 0.6) is 0 Å². The van der Waals surface area contributed by atoms with Gasteiger partial charge in [0.25, 0.3) is 11.6 Å². The van der Waals surface area contributed by atoms with Crippen molar-refractivity contribution in [1.29, 1.82) is 0 Å². The highest BCUT2D eigenvalue weighted by Gasteiger charge is 2.21. The number of hydrogen-bond acceptors (Lipinski definition) is 6. The summed E-state index contributed by atoms with van der Waals surface area (Å²) < 4.78 is 11.0. The quantitative estimate of drug-likeness (QED) is 0.448. The SMILES string of the molecule is Cc1cc(-c2cc(C(=O)Nc3cccc4cccnc34)c3c(C)noc3n2)c(C)o1. The molecule has 0 bridgehead atoms. The summed E-state index contributed by atoms with van der Waals surface area (Å²) in [6.45, 7) is 5.52. The lowest BCUT2D eigenvalue weighted by Gasteiger charge is -2.10. The van der Waals surface area contributed by atoms with Gasteiger partial charge in [-0.25, -0.2) is 4.98 Å². The maximum atomic E-state index is 13.3. The topological polar surface area (TPSA) is 94.1 Å². The summed E-state index contributed by atoms with van der Waals surface area (Å²) in [5, 5.41) is 8.52. The molecule has 0 saturated heterocycles. The second-order valence-corrected chi connectivity index (χ2v) is 7.16. The van der Waals surface area contributed by atoms with Crippen LogP contribution in [-0.4, -0.2) is 21.0 Å². The van der Waals surface area contributed by atoms with Gasteiger partial charge in [-0.2, -0.15) is 0 Å². The second kappa shape index (κ2) is 6.81. The number of nitrogens with zero attached hydrogens (tertiary/aromatic N) is 3. The van der Waals surface area contributed by atoms with Crippen LogP contribution in [0.1, 0.15) is 27.6 Å². The molecule has 148 valence electrons. The summed E-state index contributed by atoms with van der Waals surface area (Å²) >= 11 is 0. The van der Waals surface area contributed by atoms with Gasteiger partial charge in [0.2, 0.25) is 0 Å². The van der Waals surface area contributed by atoms with Crippen LogP contribution < -0.4 is 5.32 Å². The average molecular weight is 398 g/mol. The predicted octanol–water partition coefficient (Wildman–Crippen LogP) is 5.21. The molecule has 0 unspecified atom stereocenters. The maximum absolute atomic E-state index is 13.3. The first kappa shape index (κ1) is 18.1. The van der Waals surface area contributed by atoms with E-state index in [0.29, 0.717) is 33.7 Å². The number of carbonyl (C=O) groups is 1. The van der Waals surface area contributed by atoms with Gasteiger partial charge in [-0.05, 0) is 45.0 Å². The minimum atomic E-state index is -0.286. The molecule has 0 aliphatic rings. The minimum absolute atomic E-state index is 0.286. The molecule has 0 spiro atoms. The molecule has 0 fully saturated rings. The van der Waals surface area contributed by atoms with Gasteiger partial charge in [-0.1, -0.05) is 23.4 Å². The summed E-state index contributed by atoms with van der Waals surface area (Å²) in [7, 11) is 0. The summed E-state index contributed by atoms with van der Waals surface area (Å²) in [6, 6.07) is 13.1. The molecule has 4 heterocycles. The van der Waals surface area contributed by atoms with Gasteiger partial charge < -0.3 is 14.3 Å². The number of benzene rings is 1. The van der Waals surface area contributed by atoms with Crippen LogP contribution in [0, 0.1) is 20.8 Å². The van der Waals surface area contributed by atoms with Gasteiger partial charge in [-0.3, -0.25) is 9.78 Å². The van der Waals surface area contributed by atoms with E-state index in [1.807, 2.05) is 50.2 Å². The second-order valence-electron chi connectivity index (χ2n) is 7.16. The highest BCUT2D eigenvalue weighted by Crippen LogP contribution is 2.31. The molecule has 7 nitrogen and oxygen atoms in total. The average Bonchev–Trinajstić information content (AvgIpc) is 3.29. The first-order valence-electron chi connectivity index (χ1n) is 9.51. The Labute approximate surface area is 171 Å². The predicted molar refractivity (Wildman–Crippen MR) is 113 cm³/mol. The molecular formula is C23H18N4O3. The fourth-order valence-electron chi connectivity index (χ4n) is 3.69. The number of aryl methyl sites for hydroxylation is 3. The van der Waals surface area contributed by atoms with E-state index in [-0.39, 0.29) is 5.91 Å². The Morgan fingerprint density at radius 1 is 1.07 bits per heavy atom. The molecular weight excluding hydrogens is 380 g/mol. The molecule has 0 radical (unpaired) electrons.